The summed E-state index contributed by atoms with van der Waals surface area (Å²) >= 11 is 1.41. The molecule has 0 spiro atoms. The number of nitrogens with one attached hydrogen (secondary N) is 1. The first-order valence-corrected chi connectivity index (χ1v) is 11.4. The lowest BCUT2D eigenvalue weighted by molar-refractivity contribution is -0.119. The molecule has 1 aliphatic rings. The first-order chi connectivity index (χ1) is 14.7. The molecule has 2 aromatic carbocycles. The van der Waals surface area contributed by atoms with Crippen molar-refractivity contribution in [1.82, 2.24) is 20.1 Å². The van der Waals surface area contributed by atoms with E-state index in [0.29, 0.717) is 23.6 Å². The molecule has 7 heteroatoms. The summed E-state index contributed by atoms with van der Waals surface area (Å²) in [5.41, 5.74) is 1.90. The van der Waals surface area contributed by atoms with Crippen molar-refractivity contribution in [2.45, 2.75) is 43.8 Å². The molecule has 1 aromatic heterocycles. The van der Waals surface area contributed by atoms with Crippen molar-refractivity contribution in [1.29, 1.82) is 0 Å². The number of hydrogen-bond acceptors (Lipinski definition) is 5. The predicted molar refractivity (Wildman–Crippen MR) is 119 cm³/mol. The van der Waals surface area contributed by atoms with Crippen molar-refractivity contribution >= 4 is 17.7 Å². The van der Waals surface area contributed by atoms with E-state index >= 15 is 0 Å². The average Bonchev–Trinajstić information content (AvgIpc) is 3.43. The number of ether oxygens (including phenoxy) is 1. The summed E-state index contributed by atoms with van der Waals surface area (Å²) in [5, 5.41) is 12.7. The van der Waals surface area contributed by atoms with E-state index in [-0.39, 0.29) is 5.91 Å². The van der Waals surface area contributed by atoms with E-state index in [9.17, 15) is 4.79 Å². The molecule has 30 heavy (non-hydrogen) atoms. The molecule has 0 aliphatic heterocycles. The summed E-state index contributed by atoms with van der Waals surface area (Å²) in [6, 6.07) is 18.1. The molecule has 1 fully saturated rings. The Hall–Kier alpha value is -2.80. The fourth-order valence-corrected chi connectivity index (χ4v) is 4.46. The Morgan fingerprint density at radius 1 is 1.10 bits per heavy atom. The van der Waals surface area contributed by atoms with Gasteiger partial charge in [0.15, 0.2) is 11.0 Å². The third-order valence-corrected chi connectivity index (χ3v) is 6.05. The van der Waals surface area contributed by atoms with E-state index in [2.05, 4.69) is 15.5 Å². The molecular formula is C23H26N4O2S. The number of rotatable bonds is 8. The van der Waals surface area contributed by atoms with Gasteiger partial charge in [-0.2, -0.15) is 0 Å². The number of nitrogens with zero attached hydrogens (tertiary/aromatic N) is 3. The zero-order valence-corrected chi connectivity index (χ0v) is 17.9. The SMILES string of the molecule is CCOc1ccc(-n2c(SCC(=O)NC3CCCC3)nnc2-c2ccccc2)cc1. The molecule has 156 valence electrons. The minimum Gasteiger partial charge on any atom is -0.494 e. The second-order valence-electron chi connectivity index (χ2n) is 7.27. The van der Waals surface area contributed by atoms with Crippen LogP contribution in [0.15, 0.2) is 59.8 Å². The molecule has 0 radical (unpaired) electrons. The van der Waals surface area contributed by atoms with Crippen LogP contribution in [0.4, 0.5) is 0 Å². The Labute approximate surface area is 181 Å². The third kappa shape index (κ3) is 4.84. The minimum absolute atomic E-state index is 0.0504. The second-order valence-corrected chi connectivity index (χ2v) is 8.21. The highest BCUT2D eigenvalue weighted by molar-refractivity contribution is 7.99. The van der Waals surface area contributed by atoms with Crippen LogP contribution in [-0.2, 0) is 4.79 Å². The molecule has 1 N–H and O–H groups in total. The highest BCUT2D eigenvalue weighted by Crippen LogP contribution is 2.29. The lowest BCUT2D eigenvalue weighted by Gasteiger charge is -2.13. The predicted octanol–water partition coefficient (Wildman–Crippen LogP) is 4.48. The Kier molecular flexibility index (Phi) is 6.69. The number of carbonyl (C=O) groups is 1. The Balaban J connectivity index is 1.58. The number of benzene rings is 2. The van der Waals surface area contributed by atoms with Crippen LogP contribution in [0.25, 0.3) is 17.1 Å². The van der Waals surface area contributed by atoms with Crippen molar-refractivity contribution in [3.63, 3.8) is 0 Å². The topological polar surface area (TPSA) is 69.0 Å². The summed E-state index contributed by atoms with van der Waals surface area (Å²) in [6.07, 6.45) is 4.56. The number of hydrogen-bond donors (Lipinski definition) is 1. The van der Waals surface area contributed by atoms with Gasteiger partial charge in [0.2, 0.25) is 5.91 Å². The summed E-state index contributed by atoms with van der Waals surface area (Å²) in [7, 11) is 0. The second kappa shape index (κ2) is 9.80. The molecule has 1 heterocycles. The molecule has 0 saturated heterocycles. The molecule has 3 aromatic rings. The van der Waals surface area contributed by atoms with Crippen molar-refractivity contribution in [3.05, 3.63) is 54.6 Å². The molecule has 4 rings (SSSR count). The molecule has 1 amide bonds. The van der Waals surface area contributed by atoms with Crippen LogP contribution in [0.5, 0.6) is 5.75 Å². The van der Waals surface area contributed by atoms with Gasteiger partial charge in [-0.15, -0.1) is 10.2 Å². The maximum atomic E-state index is 12.4. The molecule has 0 unspecified atom stereocenters. The van der Waals surface area contributed by atoms with E-state index in [4.69, 9.17) is 4.74 Å². The van der Waals surface area contributed by atoms with E-state index in [1.807, 2.05) is 66.1 Å². The van der Waals surface area contributed by atoms with Crippen molar-refractivity contribution in [2.75, 3.05) is 12.4 Å². The van der Waals surface area contributed by atoms with Gasteiger partial charge >= 0.3 is 0 Å². The summed E-state index contributed by atoms with van der Waals surface area (Å²) in [6.45, 7) is 2.59. The van der Waals surface area contributed by atoms with Gasteiger partial charge < -0.3 is 10.1 Å². The first kappa shape index (κ1) is 20.5. The van der Waals surface area contributed by atoms with E-state index in [0.717, 1.165) is 35.7 Å². The van der Waals surface area contributed by atoms with Crippen LogP contribution in [0.1, 0.15) is 32.6 Å². The van der Waals surface area contributed by atoms with E-state index in [1.54, 1.807) is 0 Å². The van der Waals surface area contributed by atoms with Gasteiger partial charge in [-0.1, -0.05) is 54.9 Å². The zero-order chi connectivity index (χ0) is 20.8. The van der Waals surface area contributed by atoms with Gasteiger partial charge in [-0.3, -0.25) is 9.36 Å². The molecule has 6 nitrogen and oxygen atoms in total. The number of thioether (sulfide) groups is 1. The van der Waals surface area contributed by atoms with Gasteiger partial charge in [-0.05, 0) is 44.0 Å². The minimum atomic E-state index is 0.0504. The van der Waals surface area contributed by atoms with Crippen LogP contribution in [0, 0.1) is 0 Å². The van der Waals surface area contributed by atoms with Gasteiger partial charge in [0.25, 0.3) is 0 Å². The average molecular weight is 423 g/mol. The number of carbonyl (C=O) groups excluding carboxylic acids is 1. The number of amides is 1. The normalized spacial score (nSPS) is 14.0. The van der Waals surface area contributed by atoms with Crippen LogP contribution >= 0.6 is 11.8 Å². The van der Waals surface area contributed by atoms with Crippen LogP contribution in [0.2, 0.25) is 0 Å². The highest BCUT2D eigenvalue weighted by Gasteiger charge is 2.20. The highest BCUT2D eigenvalue weighted by atomic mass is 32.2. The lowest BCUT2D eigenvalue weighted by atomic mass is 10.2. The maximum absolute atomic E-state index is 12.4. The fourth-order valence-electron chi connectivity index (χ4n) is 3.70. The van der Waals surface area contributed by atoms with E-state index in [1.165, 1.54) is 24.6 Å². The summed E-state index contributed by atoms with van der Waals surface area (Å²) < 4.78 is 7.57. The van der Waals surface area contributed by atoms with Crippen molar-refractivity contribution < 1.29 is 9.53 Å². The molecule has 0 bridgehead atoms. The molecule has 1 saturated carbocycles. The molecule has 1 aliphatic carbocycles. The third-order valence-electron chi connectivity index (χ3n) is 5.12. The summed E-state index contributed by atoms with van der Waals surface area (Å²) in [5.74, 6) is 1.94. The number of aromatic nitrogens is 3. The zero-order valence-electron chi connectivity index (χ0n) is 17.1. The smallest absolute Gasteiger partial charge is 0.230 e. The van der Waals surface area contributed by atoms with Crippen LogP contribution < -0.4 is 10.1 Å². The molecular weight excluding hydrogens is 396 g/mol. The van der Waals surface area contributed by atoms with Gasteiger partial charge in [0, 0.05) is 17.3 Å². The Morgan fingerprint density at radius 3 is 2.53 bits per heavy atom. The Morgan fingerprint density at radius 2 is 1.83 bits per heavy atom. The standard InChI is InChI=1S/C23H26N4O2S/c1-2-29-20-14-12-19(13-15-20)27-22(17-8-4-3-5-9-17)25-26-23(27)30-16-21(28)24-18-10-6-7-11-18/h3-5,8-9,12-15,18H,2,6-7,10-11,16H2,1H3,(H,24,28). The first-order valence-electron chi connectivity index (χ1n) is 10.4. The molecule has 0 atom stereocenters. The van der Waals surface area contributed by atoms with Crippen LogP contribution in [0.3, 0.4) is 0 Å². The van der Waals surface area contributed by atoms with Gasteiger partial charge in [0.1, 0.15) is 5.75 Å². The lowest BCUT2D eigenvalue weighted by Crippen LogP contribution is -2.33. The van der Waals surface area contributed by atoms with Crippen molar-refractivity contribution in [2.24, 2.45) is 0 Å². The van der Waals surface area contributed by atoms with Crippen LogP contribution in [-0.4, -0.2) is 39.1 Å². The van der Waals surface area contributed by atoms with Gasteiger partial charge in [-0.25, -0.2) is 0 Å². The maximum Gasteiger partial charge on any atom is 0.230 e. The Bertz CT molecular complexity index is 967. The van der Waals surface area contributed by atoms with E-state index < -0.39 is 0 Å². The monoisotopic (exact) mass is 422 g/mol. The largest absolute Gasteiger partial charge is 0.494 e. The fraction of sp³-hybridized carbons (Fsp3) is 0.348. The quantitative estimate of drug-likeness (QED) is 0.542. The van der Waals surface area contributed by atoms with Crippen molar-refractivity contribution in [3.8, 4) is 22.8 Å². The van der Waals surface area contributed by atoms with Gasteiger partial charge in [0.05, 0.1) is 12.4 Å². The summed E-state index contributed by atoms with van der Waals surface area (Å²) in [4.78, 5) is 12.4.